The fraction of sp³-hybridized carbons (Fsp3) is 0.526. The number of fused-ring (bicyclic) bond motifs is 1. The standard InChI is InChI=1S/C19H22FN3O2/c1-3-25-17-11-16(19(17)5-4-6-19)23(2)18(24)12-9-14-15(10-13(12)20)22-8-7-21-14/h7-10,16-17H,3-6,11H2,1-2H3. The molecule has 2 saturated carbocycles. The maximum atomic E-state index is 14.5. The molecule has 2 atom stereocenters. The molecule has 1 spiro atoms. The molecule has 0 radical (unpaired) electrons. The number of ether oxygens (including phenoxy) is 1. The zero-order valence-electron chi connectivity index (χ0n) is 14.5. The van der Waals surface area contributed by atoms with Gasteiger partial charge in [0.05, 0.1) is 22.7 Å². The molecule has 2 unspecified atom stereocenters. The molecular formula is C19H22FN3O2. The summed E-state index contributed by atoms with van der Waals surface area (Å²) in [6.07, 6.45) is 7.42. The maximum absolute atomic E-state index is 14.5. The van der Waals surface area contributed by atoms with E-state index >= 15 is 0 Å². The second kappa shape index (κ2) is 6.02. The van der Waals surface area contributed by atoms with E-state index in [-0.39, 0.29) is 29.0 Å². The number of hydrogen-bond donors (Lipinski definition) is 0. The van der Waals surface area contributed by atoms with Gasteiger partial charge in [-0.25, -0.2) is 4.39 Å². The molecule has 0 bridgehead atoms. The van der Waals surface area contributed by atoms with Crippen molar-refractivity contribution in [1.29, 1.82) is 0 Å². The van der Waals surface area contributed by atoms with Gasteiger partial charge in [0.25, 0.3) is 5.91 Å². The SMILES string of the molecule is CCOC1CC(N(C)C(=O)c2cc3nccnc3cc2F)C12CCC2. The third kappa shape index (κ3) is 2.42. The predicted octanol–water partition coefficient (Wildman–Crippen LogP) is 3.19. The lowest BCUT2D eigenvalue weighted by molar-refractivity contribution is -0.192. The summed E-state index contributed by atoms with van der Waals surface area (Å²) < 4.78 is 20.3. The first-order chi connectivity index (χ1) is 12.1. The summed E-state index contributed by atoms with van der Waals surface area (Å²) in [7, 11) is 1.77. The van der Waals surface area contributed by atoms with Crippen LogP contribution in [0.1, 0.15) is 43.0 Å². The predicted molar refractivity (Wildman–Crippen MR) is 91.7 cm³/mol. The average molecular weight is 343 g/mol. The van der Waals surface area contributed by atoms with Crippen molar-refractivity contribution in [3.63, 3.8) is 0 Å². The zero-order chi connectivity index (χ0) is 17.6. The minimum absolute atomic E-state index is 0.0600. The topological polar surface area (TPSA) is 55.3 Å². The van der Waals surface area contributed by atoms with E-state index in [4.69, 9.17) is 4.74 Å². The Morgan fingerprint density at radius 2 is 2.00 bits per heavy atom. The number of nitrogens with zero attached hydrogens (tertiary/aromatic N) is 3. The molecule has 1 aromatic heterocycles. The Morgan fingerprint density at radius 1 is 1.32 bits per heavy atom. The third-order valence-electron chi connectivity index (χ3n) is 5.97. The minimum Gasteiger partial charge on any atom is -0.378 e. The normalized spacial score (nSPS) is 24.0. The van der Waals surface area contributed by atoms with Gasteiger partial charge in [0, 0.05) is 43.6 Å². The van der Waals surface area contributed by atoms with E-state index in [0.29, 0.717) is 17.6 Å². The summed E-state index contributed by atoms with van der Waals surface area (Å²) >= 11 is 0. The van der Waals surface area contributed by atoms with Crippen LogP contribution in [0, 0.1) is 11.2 Å². The van der Waals surface area contributed by atoms with Crippen molar-refractivity contribution >= 4 is 16.9 Å². The first-order valence-corrected chi connectivity index (χ1v) is 8.86. The van der Waals surface area contributed by atoms with Gasteiger partial charge in [-0.3, -0.25) is 14.8 Å². The van der Waals surface area contributed by atoms with Gasteiger partial charge >= 0.3 is 0 Å². The van der Waals surface area contributed by atoms with Crippen LogP contribution in [-0.2, 0) is 4.74 Å². The Labute approximate surface area is 146 Å². The van der Waals surface area contributed by atoms with E-state index < -0.39 is 5.82 Å². The Hall–Kier alpha value is -2.08. The molecule has 5 nitrogen and oxygen atoms in total. The fourth-order valence-electron chi connectivity index (χ4n) is 4.43. The molecule has 132 valence electrons. The minimum atomic E-state index is -0.548. The Balaban J connectivity index is 1.60. The van der Waals surface area contributed by atoms with Crippen LogP contribution in [0.2, 0.25) is 0 Å². The lowest BCUT2D eigenvalue weighted by Gasteiger charge is -2.63. The zero-order valence-corrected chi connectivity index (χ0v) is 14.5. The summed E-state index contributed by atoms with van der Waals surface area (Å²) in [5.41, 5.74) is 1.10. The number of amides is 1. The molecule has 1 amide bonds. The highest BCUT2D eigenvalue weighted by Crippen LogP contribution is 2.59. The summed E-state index contributed by atoms with van der Waals surface area (Å²) in [4.78, 5) is 22.9. The molecule has 2 aliphatic rings. The first kappa shape index (κ1) is 16.4. The molecule has 0 N–H and O–H groups in total. The highest BCUT2D eigenvalue weighted by Gasteiger charge is 2.61. The van der Waals surface area contributed by atoms with Crippen molar-refractivity contribution in [2.75, 3.05) is 13.7 Å². The van der Waals surface area contributed by atoms with Crippen molar-refractivity contribution in [3.05, 3.63) is 35.9 Å². The van der Waals surface area contributed by atoms with Gasteiger partial charge in [-0.2, -0.15) is 0 Å². The second-order valence-electron chi connectivity index (χ2n) is 7.08. The lowest BCUT2D eigenvalue weighted by Crippen LogP contribution is -2.67. The summed E-state index contributed by atoms with van der Waals surface area (Å²) in [5, 5.41) is 0. The van der Waals surface area contributed by atoms with E-state index in [2.05, 4.69) is 9.97 Å². The number of halogens is 1. The highest BCUT2D eigenvalue weighted by molar-refractivity contribution is 5.97. The van der Waals surface area contributed by atoms with Gasteiger partial charge in [-0.1, -0.05) is 6.42 Å². The molecule has 6 heteroatoms. The van der Waals surface area contributed by atoms with Crippen molar-refractivity contribution < 1.29 is 13.9 Å². The van der Waals surface area contributed by atoms with E-state index in [1.807, 2.05) is 6.92 Å². The molecule has 2 aromatic rings. The van der Waals surface area contributed by atoms with Gasteiger partial charge in [0.15, 0.2) is 0 Å². The molecule has 0 aliphatic heterocycles. The lowest BCUT2D eigenvalue weighted by atomic mass is 9.50. The number of rotatable bonds is 4. The van der Waals surface area contributed by atoms with E-state index in [0.717, 1.165) is 19.3 Å². The Morgan fingerprint density at radius 3 is 2.60 bits per heavy atom. The number of carbonyl (C=O) groups is 1. The summed E-state index contributed by atoms with van der Waals surface area (Å²) in [6, 6.07) is 2.90. The van der Waals surface area contributed by atoms with Gasteiger partial charge in [-0.05, 0) is 32.3 Å². The fourth-order valence-corrected chi connectivity index (χ4v) is 4.43. The van der Waals surface area contributed by atoms with E-state index in [9.17, 15) is 9.18 Å². The maximum Gasteiger partial charge on any atom is 0.256 e. The van der Waals surface area contributed by atoms with Crippen LogP contribution in [0.4, 0.5) is 4.39 Å². The summed E-state index contributed by atoms with van der Waals surface area (Å²) in [5.74, 6) is -0.843. The monoisotopic (exact) mass is 343 g/mol. The van der Waals surface area contributed by atoms with Crippen LogP contribution < -0.4 is 0 Å². The molecule has 1 heterocycles. The second-order valence-corrected chi connectivity index (χ2v) is 7.08. The number of hydrogen-bond acceptors (Lipinski definition) is 4. The van der Waals surface area contributed by atoms with Crippen molar-refractivity contribution in [3.8, 4) is 0 Å². The average Bonchev–Trinajstić information content (AvgIpc) is 2.55. The first-order valence-electron chi connectivity index (χ1n) is 8.86. The molecule has 2 aliphatic carbocycles. The van der Waals surface area contributed by atoms with Crippen molar-refractivity contribution in [2.24, 2.45) is 5.41 Å². The number of carbonyl (C=O) groups excluding carboxylic acids is 1. The third-order valence-corrected chi connectivity index (χ3v) is 5.97. The Kier molecular flexibility index (Phi) is 3.95. The Bertz CT molecular complexity index is 821. The summed E-state index contributed by atoms with van der Waals surface area (Å²) in [6.45, 7) is 2.69. The quantitative estimate of drug-likeness (QED) is 0.855. The van der Waals surface area contributed by atoms with Crippen LogP contribution in [0.25, 0.3) is 11.0 Å². The molecular weight excluding hydrogens is 321 g/mol. The molecule has 25 heavy (non-hydrogen) atoms. The van der Waals surface area contributed by atoms with Gasteiger partial charge in [0.1, 0.15) is 5.82 Å². The largest absolute Gasteiger partial charge is 0.378 e. The molecule has 2 fully saturated rings. The smallest absolute Gasteiger partial charge is 0.256 e. The van der Waals surface area contributed by atoms with E-state index in [1.54, 1.807) is 18.1 Å². The van der Waals surface area contributed by atoms with Gasteiger partial charge in [-0.15, -0.1) is 0 Å². The van der Waals surface area contributed by atoms with Crippen molar-refractivity contribution in [2.45, 2.75) is 44.8 Å². The van der Waals surface area contributed by atoms with E-state index in [1.165, 1.54) is 24.8 Å². The number of aromatic nitrogens is 2. The van der Waals surface area contributed by atoms with Crippen LogP contribution in [0.5, 0.6) is 0 Å². The van der Waals surface area contributed by atoms with Crippen LogP contribution in [-0.4, -0.2) is 46.6 Å². The molecule has 1 aromatic carbocycles. The van der Waals surface area contributed by atoms with Gasteiger partial charge < -0.3 is 9.64 Å². The van der Waals surface area contributed by atoms with Crippen LogP contribution in [0.15, 0.2) is 24.5 Å². The highest BCUT2D eigenvalue weighted by atomic mass is 19.1. The molecule has 4 rings (SSSR count). The van der Waals surface area contributed by atoms with Crippen molar-refractivity contribution in [1.82, 2.24) is 14.9 Å². The number of benzene rings is 1. The van der Waals surface area contributed by atoms with Crippen LogP contribution >= 0.6 is 0 Å². The van der Waals surface area contributed by atoms with Gasteiger partial charge in [0.2, 0.25) is 0 Å². The molecule has 0 saturated heterocycles. The van der Waals surface area contributed by atoms with Crippen LogP contribution in [0.3, 0.4) is 0 Å².